The van der Waals surface area contributed by atoms with Crippen molar-refractivity contribution in [3.8, 4) is 5.75 Å². The highest BCUT2D eigenvalue weighted by molar-refractivity contribution is 5.68. The Morgan fingerprint density at radius 3 is 1.96 bits per heavy atom. The fraction of sp³-hybridized carbons (Fsp3) is 0.395. The summed E-state index contributed by atoms with van der Waals surface area (Å²) in [4.78, 5) is 40.6. The molecule has 262 valence electrons. The summed E-state index contributed by atoms with van der Waals surface area (Å²) in [7, 11) is 1.60. The molecule has 0 spiro atoms. The molecule has 3 atom stereocenters. The van der Waals surface area contributed by atoms with Gasteiger partial charge in [0.1, 0.15) is 30.3 Å². The van der Waals surface area contributed by atoms with Crippen molar-refractivity contribution in [2.75, 3.05) is 40.0 Å². The zero-order valence-corrected chi connectivity index (χ0v) is 28.8. The second-order valence-corrected chi connectivity index (χ2v) is 11.7. The van der Waals surface area contributed by atoms with Gasteiger partial charge in [0, 0.05) is 18.2 Å². The molecule has 1 aliphatic rings. The lowest BCUT2D eigenvalue weighted by atomic mass is 9.80. The molecule has 0 aliphatic carbocycles. The maximum Gasteiger partial charge on any atom is 0.330 e. The van der Waals surface area contributed by atoms with Crippen LogP contribution in [0.15, 0.2) is 101 Å². The van der Waals surface area contributed by atoms with Gasteiger partial charge in [-0.15, -0.1) is 0 Å². The van der Waals surface area contributed by atoms with Crippen molar-refractivity contribution in [2.24, 2.45) is 0 Å². The molecular weight excluding hydrogens is 626 g/mol. The number of carboxylic acids is 1. The van der Waals surface area contributed by atoms with E-state index < -0.39 is 47.9 Å². The van der Waals surface area contributed by atoms with Gasteiger partial charge in [-0.1, -0.05) is 93.6 Å². The van der Waals surface area contributed by atoms with E-state index in [9.17, 15) is 19.5 Å². The number of aromatic nitrogens is 2. The third-order valence-electron chi connectivity index (χ3n) is 8.72. The van der Waals surface area contributed by atoms with Crippen LogP contribution in [0.5, 0.6) is 5.75 Å². The molecule has 5 rings (SSSR count). The summed E-state index contributed by atoms with van der Waals surface area (Å²) >= 11 is 0. The number of aliphatic carboxylic acids is 1. The van der Waals surface area contributed by atoms with Crippen LogP contribution >= 0.6 is 0 Å². The quantitative estimate of drug-likeness (QED) is 0.178. The molecule has 2 heterocycles. The summed E-state index contributed by atoms with van der Waals surface area (Å²) in [6, 6.07) is 27.1. The van der Waals surface area contributed by atoms with E-state index in [0.29, 0.717) is 11.3 Å². The molecule has 0 saturated carbocycles. The predicted octanol–water partition coefficient (Wildman–Crippen LogP) is 4.97. The average Bonchev–Trinajstić information content (AvgIpc) is 3.54. The van der Waals surface area contributed by atoms with Crippen molar-refractivity contribution in [1.29, 1.82) is 0 Å². The Kier molecular flexibility index (Phi) is 13.5. The van der Waals surface area contributed by atoms with Gasteiger partial charge in [0.2, 0.25) is 0 Å². The van der Waals surface area contributed by atoms with Crippen molar-refractivity contribution in [3.05, 3.63) is 134 Å². The van der Waals surface area contributed by atoms with Gasteiger partial charge < -0.3 is 29.0 Å². The van der Waals surface area contributed by atoms with Crippen molar-refractivity contribution in [3.63, 3.8) is 0 Å². The Labute approximate surface area is 287 Å². The Bertz CT molecular complexity index is 1680. The van der Waals surface area contributed by atoms with E-state index in [1.807, 2.05) is 84.9 Å². The van der Waals surface area contributed by atoms with E-state index in [2.05, 4.69) is 30.7 Å². The lowest BCUT2D eigenvalue weighted by Crippen LogP contribution is -2.39. The summed E-state index contributed by atoms with van der Waals surface area (Å²) in [5, 5.41) is 9.30. The molecule has 11 nitrogen and oxygen atoms in total. The lowest BCUT2D eigenvalue weighted by molar-refractivity contribution is -0.148. The van der Waals surface area contributed by atoms with E-state index in [0.717, 1.165) is 16.7 Å². The maximum absolute atomic E-state index is 12.6. The van der Waals surface area contributed by atoms with Crippen molar-refractivity contribution < 1.29 is 28.8 Å². The van der Waals surface area contributed by atoms with Crippen LogP contribution in [-0.4, -0.2) is 77.7 Å². The van der Waals surface area contributed by atoms with Crippen molar-refractivity contribution in [1.82, 2.24) is 14.5 Å². The zero-order valence-electron chi connectivity index (χ0n) is 28.8. The number of nitrogens with zero attached hydrogens (tertiary/aromatic N) is 2. The first-order valence-corrected chi connectivity index (χ1v) is 16.6. The molecular formula is C38H47N3O8. The van der Waals surface area contributed by atoms with Gasteiger partial charge in [0.05, 0.1) is 19.8 Å². The van der Waals surface area contributed by atoms with Crippen LogP contribution in [-0.2, 0) is 24.6 Å². The molecule has 2 N–H and O–H groups in total. The molecule has 1 fully saturated rings. The lowest BCUT2D eigenvalue weighted by Gasteiger charge is -2.37. The van der Waals surface area contributed by atoms with Gasteiger partial charge in [-0.2, -0.15) is 0 Å². The minimum Gasteiger partial charge on any atom is -0.497 e. The molecule has 0 bridgehead atoms. The first-order chi connectivity index (χ1) is 23.7. The number of H-pyrrole nitrogens is 1. The van der Waals surface area contributed by atoms with E-state index >= 15 is 0 Å². The Morgan fingerprint density at radius 1 is 0.918 bits per heavy atom. The molecule has 1 aromatic heterocycles. The van der Waals surface area contributed by atoms with E-state index in [1.54, 1.807) is 14.0 Å². The van der Waals surface area contributed by atoms with Crippen LogP contribution in [0.1, 0.15) is 55.7 Å². The fourth-order valence-corrected chi connectivity index (χ4v) is 5.97. The highest BCUT2D eigenvalue weighted by Crippen LogP contribution is 2.42. The molecule has 3 unspecified atom stereocenters. The van der Waals surface area contributed by atoms with Gasteiger partial charge in [-0.25, -0.2) is 9.59 Å². The van der Waals surface area contributed by atoms with Gasteiger partial charge in [0.25, 0.3) is 5.56 Å². The largest absolute Gasteiger partial charge is 0.497 e. The average molecular weight is 674 g/mol. The maximum atomic E-state index is 12.6. The SMILES string of the molecule is CCN(CC)CC.COc1ccc(C(OCC2OC(n3cc(C)c(=O)[nH]c3=O)CC2OCC(=O)O)(c2ccccc2)c2ccccc2)cc1. The number of hydrogen-bond donors (Lipinski definition) is 2. The Morgan fingerprint density at radius 2 is 1.47 bits per heavy atom. The van der Waals surface area contributed by atoms with Gasteiger partial charge in [0.15, 0.2) is 0 Å². The number of methoxy groups -OCH3 is 1. The summed E-state index contributed by atoms with van der Waals surface area (Å²) < 4.78 is 25.6. The number of ether oxygens (including phenoxy) is 4. The zero-order chi connectivity index (χ0) is 35.4. The number of carbonyl (C=O) groups is 1. The van der Waals surface area contributed by atoms with Gasteiger partial charge in [-0.3, -0.25) is 14.3 Å². The van der Waals surface area contributed by atoms with Crippen LogP contribution in [0.4, 0.5) is 0 Å². The first kappa shape index (κ1) is 37.3. The van der Waals surface area contributed by atoms with Gasteiger partial charge >= 0.3 is 11.7 Å². The smallest absolute Gasteiger partial charge is 0.330 e. The Balaban J connectivity index is 0.000000698. The normalized spacial score (nSPS) is 17.4. The summed E-state index contributed by atoms with van der Waals surface area (Å²) in [6.45, 7) is 11.2. The van der Waals surface area contributed by atoms with E-state index in [-0.39, 0.29) is 13.0 Å². The van der Waals surface area contributed by atoms with Crippen molar-refractivity contribution in [2.45, 2.75) is 58.2 Å². The van der Waals surface area contributed by atoms with Crippen molar-refractivity contribution >= 4 is 5.97 Å². The number of benzene rings is 3. The van der Waals surface area contributed by atoms with Crippen LogP contribution in [0.3, 0.4) is 0 Å². The van der Waals surface area contributed by atoms with Crippen LogP contribution in [0.2, 0.25) is 0 Å². The standard InChI is InChI=1S/C32H32N2O8.C6H15N/c1-21-18-34(31(38)33-30(21)37)28-17-26(40-20-29(35)36)27(42-28)19-41-32(22-9-5-3-6-10-22,23-11-7-4-8-12-23)24-13-15-25(39-2)16-14-24;1-4-7(5-2)6-3/h3-16,18,26-28H,17,19-20H2,1-2H3,(H,35,36)(H,33,37,38);4-6H2,1-3H3. The third-order valence-corrected chi connectivity index (χ3v) is 8.72. The second-order valence-electron chi connectivity index (χ2n) is 11.7. The van der Waals surface area contributed by atoms with Crippen LogP contribution in [0.25, 0.3) is 0 Å². The molecule has 1 aliphatic heterocycles. The number of rotatable bonds is 14. The molecule has 4 aromatic rings. The summed E-state index contributed by atoms with van der Waals surface area (Å²) in [6.07, 6.45) is -0.633. The Hall–Kier alpha value is -4.55. The highest BCUT2D eigenvalue weighted by atomic mass is 16.6. The molecule has 1 saturated heterocycles. The molecule has 11 heteroatoms. The second kappa shape index (κ2) is 17.7. The molecule has 49 heavy (non-hydrogen) atoms. The summed E-state index contributed by atoms with van der Waals surface area (Å²) in [5.41, 5.74) is 0.716. The highest BCUT2D eigenvalue weighted by Gasteiger charge is 2.43. The number of carboxylic acid groups (broad SMARTS) is 1. The number of aryl methyl sites for hydroxylation is 1. The van der Waals surface area contributed by atoms with E-state index in [4.69, 9.17) is 18.9 Å². The van der Waals surface area contributed by atoms with E-state index in [1.165, 1.54) is 30.4 Å². The minimum absolute atomic E-state index is 0.00626. The molecule has 3 aromatic carbocycles. The topological polar surface area (TPSA) is 132 Å². The van der Waals surface area contributed by atoms with Crippen LogP contribution < -0.4 is 16.0 Å². The fourth-order valence-electron chi connectivity index (χ4n) is 5.97. The first-order valence-electron chi connectivity index (χ1n) is 16.6. The number of aromatic amines is 1. The minimum atomic E-state index is -1.13. The van der Waals surface area contributed by atoms with Gasteiger partial charge in [-0.05, 0) is 55.4 Å². The predicted molar refractivity (Wildman–Crippen MR) is 187 cm³/mol. The van der Waals surface area contributed by atoms with Crippen LogP contribution in [0, 0.1) is 6.92 Å². The molecule has 0 amide bonds. The monoisotopic (exact) mass is 673 g/mol. The number of hydrogen-bond acceptors (Lipinski definition) is 8. The third kappa shape index (κ3) is 9.12. The molecule has 0 radical (unpaired) electrons. The number of nitrogens with one attached hydrogen (secondary N) is 1. The summed E-state index contributed by atoms with van der Waals surface area (Å²) in [5.74, 6) is -0.434.